The Kier molecular flexibility index (Phi) is 2.69. The molecule has 1 aromatic rings. The van der Waals surface area contributed by atoms with Crippen molar-refractivity contribution in [1.82, 2.24) is 9.78 Å². The summed E-state index contributed by atoms with van der Waals surface area (Å²) < 4.78 is 1.46. The number of allylic oxidation sites excluding steroid dienone is 1. The minimum absolute atomic E-state index is 0.474. The highest BCUT2D eigenvalue weighted by Crippen LogP contribution is 2.22. The van der Waals surface area contributed by atoms with Crippen molar-refractivity contribution in [3.63, 3.8) is 0 Å². The average molecular weight is 179 g/mol. The smallest absolute Gasteiger partial charge is 0.179 e. The largest absolute Gasteiger partial charge is 0.394 e. The number of hydrogen-bond donors (Lipinski definition) is 2. The molecule has 1 aromatic heterocycles. The second-order valence-corrected chi connectivity index (χ2v) is 2.53. The molecule has 0 saturated heterocycles. The molecule has 0 aliphatic carbocycles. The van der Waals surface area contributed by atoms with Crippen LogP contribution in [0.3, 0.4) is 0 Å². The van der Waals surface area contributed by atoms with E-state index in [9.17, 15) is 0 Å². The summed E-state index contributed by atoms with van der Waals surface area (Å²) in [5.41, 5.74) is 11.8. The fraction of sp³-hybridized carbons (Fsp3) is 0.250. The monoisotopic (exact) mass is 179 g/mol. The number of rotatable bonds is 3. The van der Waals surface area contributed by atoms with Crippen molar-refractivity contribution >= 4 is 24.0 Å². The van der Waals surface area contributed by atoms with Gasteiger partial charge in [-0.2, -0.15) is 9.78 Å². The van der Waals surface area contributed by atoms with Gasteiger partial charge in [-0.25, -0.2) is 4.99 Å². The lowest BCUT2D eigenvalue weighted by atomic mass is 10.4. The van der Waals surface area contributed by atoms with E-state index in [1.807, 2.05) is 13.0 Å². The number of aromatic nitrogens is 2. The molecule has 5 nitrogen and oxygen atoms in total. The van der Waals surface area contributed by atoms with Crippen LogP contribution in [0.4, 0.5) is 11.5 Å². The fourth-order valence-corrected chi connectivity index (χ4v) is 0.997. The third-order valence-electron chi connectivity index (χ3n) is 1.58. The fourth-order valence-electron chi connectivity index (χ4n) is 0.997. The molecule has 4 N–H and O–H groups in total. The maximum absolute atomic E-state index is 5.71. The first-order valence-electron chi connectivity index (χ1n) is 3.97. The zero-order chi connectivity index (χ0) is 9.84. The summed E-state index contributed by atoms with van der Waals surface area (Å²) in [4.78, 5) is 3.74. The van der Waals surface area contributed by atoms with E-state index in [1.165, 1.54) is 10.9 Å². The lowest BCUT2D eigenvalue weighted by Crippen LogP contribution is -2.07. The van der Waals surface area contributed by atoms with Crippen LogP contribution in [0.5, 0.6) is 0 Å². The van der Waals surface area contributed by atoms with Crippen molar-refractivity contribution in [2.24, 2.45) is 10.7 Å². The summed E-state index contributed by atoms with van der Waals surface area (Å²) in [5, 5.41) is 3.97. The maximum atomic E-state index is 5.71. The van der Waals surface area contributed by atoms with E-state index in [-0.39, 0.29) is 0 Å². The van der Waals surface area contributed by atoms with Gasteiger partial charge in [-0.05, 0) is 19.2 Å². The molecular formula is C8H13N5. The Morgan fingerprint density at radius 3 is 3.08 bits per heavy atom. The number of nitrogens with two attached hydrogens (primary N) is 2. The maximum Gasteiger partial charge on any atom is 0.179 e. The van der Waals surface area contributed by atoms with E-state index in [4.69, 9.17) is 11.5 Å². The van der Waals surface area contributed by atoms with Crippen molar-refractivity contribution in [1.29, 1.82) is 0 Å². The van der Waals surface area contributed by atoms with Gasteiger partial charge in [-0.15, -0.1) is 0 Å². The van der Waals surface area contributed by atoms with Crippen molar-refractivity contribution in [3.05, 3.63) is 12.3 Å². The molecule has 0 spiro atoms. The second kappa shape index (κ2) is 3.75. The Morgan fingerprint density at radius 2 is 2.54 bits per heavy atom. The van der Waals surface area contributed by atoms with Crippen LogP contribution in [0, 0.1) is 0 Å². The number of nitrogen functional groups attached to an aromatic ring is 1. The van der Waals surface area contributed by atoms with Crippen molar-refractivity contribution in [2.45, 2.75) is 13.3 Å². The van der Waals surface area contributed by atoms with Crippen LogP contribution >= 0.6 is 0 Å². The topological polar surface area (TPSA) is 82.2 Å². The Hall–Kier alpha value is -1.78. The molecule has 13 heavy (non-hydrogen) atoms. The standard InChI is InChI=1S/C8H13N5/c1-3-4-7(10)13-8(11-2)6(9)5-12-13/h4-5H,2-3,9-10H2,1H3. The summed E-state index contributed by atoms with van der Waals surface area (Å²) >= 11 is 0. The molecular weight excluding hydrogens is 166 g/mol. The summed E-state index contributed by atoms with van der Waals surface area (Å²) in [6.45, 7) is 5.38. The van der Waals surface area contributed by atoms with E-state index in [0.717, 1.165) is 6.42 Å². The highest BCUT2D eigenvalue weighted by atomic mass is 15.4. The Morgan fingerprint density at radius 1 is 1.85 bits per heavy atom. The number of aliphatic imine (C=N–C) groups is 1. The molecule has 0 saturated carbocycles. The van der Waals surface area contributed by atoms with Gasteiger partial charge < -0.3 is 11.5 Å². The van der Waals surface area contributed by atoms with Gasteiger partial charge in [0.1, 0.15) is 5.82 Å². The molecule has 5 heteroatoms. The van der Waals surface area contributed by atoms with Crippen LogP contribution in [0.15, 0.2) is 17.3 Å². The minimum Gasteiger partial charge on any atom is -0.394 e. The first kappa shape index (κ1) is 9.31. The molecule has 0 atom stereocenters. The first-order valence-corrected chi connectivity index (χ1v) is 3.97. The van der Waals surface area contributed by atoms with Crippen LogP contribution in [0.2, 0.25) is 0 Å². The summed E-state index contributed by atoms with van der Waals surface area (Å²) in [7, 11) is 0. The van der Waals surface area contributed by atoms with E-state index in [0.29, 0.717) is 17.3 Å². The first-order chi connectivity index (χ1) is 6.20. The predicted molar refractivity (Wildman–Crippen MR) is 54.6 cm³/mol. The number of hydrogen-bond acceptors (Lipinski definition) is 4. The van der Waals surface area contributed by atoms with Gasteiger partial charge in [0.2, 0.25) is 0 Å². The van der Waals surface area contributed by atoms with Crippen LogP contribution in [0.25, 0.3) is 5.82 Å². The van der Waals surface area contributed by atoms with Crippen LogP contribution in [-0.4, -0.2) is 16.5 Å². The number of nitrogens with zero attached hydrogens (tertiary/aromatic N) is 3. The predicted octanol–water partition coefficient (Wildman–Crippen LogP) is 0.965. The second-order valence-electron chi connectivity index (χ2n) is 2.53. The Bertz CT molecular complexity index is 336. The molecule has 0 amide bonds. The highest BCUT2D eigenvalue weighted by Gasteiger charge is 2.06. The lowest BCUT2D eigenvalue weighted by molar-refractivity contribution is 0.882. The highest BCUT2D eigenvalue weighted by molar-refractivity contribution is 5.64. The molecule has 0 aliphatic rings. The molecule has 1 rings (SSSR count). The third kappa shape index (κ3) is 1.69. The molecule has 0 fully saturated rings. The average Bonchev–Trinajstić information content (AvgIpc) is 2.47. The van der Waals surface area contributed by atoms with Crippen molar-refractivity contribution in [3.8, 4) is 0 Å². The van der Waals surface area contributed by atoms with Crippen LogP contribution in [-0.2, 0) is 0 Å². The molecule has 0 bridgehead atoms. The Labute approximate surface area is 76.7 Å². The summed E-state index contributed by atoms with van der Waals surface area (Å²) in [6, 6.07) is 0. The summed E-state index contributed by atoms with van der Waals surface area (Å²) in [6.07, 6.45) is 4.17. The van der Waals surface area contributed by atoms with Gasteiger partial charge in [0.15, 0.2) is 5.82 Å². The zero-order valence-corrected chi connectivity index (χ0v) is 7.57. The van der Waals surface area contributed by atoms with Crippen molar-refractivity contribution in [2.75, 3.05) is 5.73 Å². The molecule has 0 aromatic carbocycles. The molecule has 0 unspecified atom stereocenters. The van der Waals surface area contributed by atoms with Gasteiger partial charge >= 0.3 is 0 Å². The zero-order valence-electron chi connectivity index (χ0n) is 7.57. The van der Waals surface area contributed by atoms with E-state index >= 15 is 0 Å². The number of anilines is 1. The van der Waals surface area contributed by atoms with Crippen molar-refractivity contribution < 1.29 is 0 Å². The van der Waals surface area contributed by atoms with E-state index < -0.39 is 0 Å². The minimum atomic E-state index is 0.474. The van der Waals surface area contributed by atoms with E-state index in [2.05, 4.69) is 16.8 Å². The van der Waals surface area contributed by atoms with Gasteiger partial charge in [-0.3, -0.25) is 0 Å². The molecule has 0 radical (unpaired) electrons. The van der Waals surface area contributed by atoms with Gasteiger partial charge in [0, 0.05) is 0 Å². The Balaban J connectivity index is 3.14. The summed E-state index contributed by atoms with van der Waals surface area (Å²) in [5.74, 6) is 1.00. The van der Waals surface area contributed by atoms with Gasteiger partial charge in [0.05, 0.1) is 11.9 Å². The van der Waals surface area contributed by atoms with Gasteiger partial charge in [0.25, 0.3) is 0 Å². The lowest BCUT2D eigenvalue weighted by Gasteiger charge is -2.02. The van der Waals surface area contributed by atoms with E-state index in [1.54, 1.807) is 0 Å². The SMILES string of the molecule is C=Nc1c(N)cnn1C(N)=CCC. The molecule has 1 heterocycles. The van der Waals surface area contributed by atoms with Crippen LogP contribution in [0.1, 0.15) is 13.3 Å². The molecule has 70 valence electrons. The van der Waals surface area contributed by atoms with Crippen LogP contribution < -0.4 is 11.5 Å². The molecule has 0 aliphatic heterocycles. The quantitative estimate of drug-likeness (QED) is 0.678. The third-order valence-corrected chi connectivity index (χ3v) is 1.58. The normalized spacial score (nSPS) is 11.6. The van der Waals surface area contributed by atoms with Gasteiger partial charge in [-0.1, -0.05) is 6.92 Å².